The smallest absolute Gasteiger partial charge is 0.293 e. The van der Waals surface area contributed by atoms with E-state index in [9.17, 15) is 24.3 Å². The molecule has 404 valence electrons. The van der Waals surface area contributed by atoms with E-state index in [0.29, 0.717) is 63.0 Å². The SMILES string of the molecule is C=O.CC.CCC(OC)C(CCC=O)CC(C)C(C)/C=C/C=C/CC(C)OC=O.CCC1C(C)OC(OC(C(C)OOCCOC)C(C(C)O)N(C)C)CC1(C)OC=O.CCC=O.CO.O=CO. The van der Waals surface area contributed by atoms with Crippen LogP contribution in [0.2, 0.25) is 0 Å². The number of carbonyl (C=O) groups excluding carboxylic acids is 5. The van der Waals surface area contributed by atoms with Crippen LogP contribution in [-0.4, -0.2) is 162 Å². The monoisotopic (exact) mass is 984 g/mol. The van der Waals surface area contributed by atoms with Gasteiger partial charge in [0.1, 0.15) is 49.9 Å². The predicted octanol–water partition coefficient (Wildman–Crippen LogP) is 7.24. The second-order valence-electron chi connectivity index (χ2n) is 16.0. The zero-order valence-corrected chi connectivity index (χ0v) is 44.9. The molecule has 0 aromatic carbocycles. The van der Waals surface area contributed by atoms with Crippen molar-refractivity contribution in [1.82, 2.24) is 4.90 Å². The van der Waals surface area contributed by atoms with Crippen molar-refractivity contribution >= 4 is 38.8 Å². The van der Waals surface area contributed by atoms with Gasteiger partial charge in [-0.2, -0.15) is 0 Å². The summed E-state index contributed by atoms with van der Waals surface area (Å²) in [4.78, 5) is 70.3. The van der Waals surface area contributed by atoms with Gasteiger partial charge in [-0.15, -0.1) is 0 Å². The number of carbonyl (C=O) groups is 6. The van der Waals surface area contributed by atoms with E-state index in [2.05, 4.69) is 32.9 Å². The maximum Gasteiger partial charge on any atom is 0.293 e. The van der Waals surface area contributed by atoms with E-state index >= 15 is 0 Å². The topological polar surface area (TPSA) is 240 Å². The van der Waals surface area contributed by atoms with Gasteiger partial charge in [0.15, 0.2) is 6.29 Å². The summed E-state index contributed by atoms with van der Waals surface area (Å²) in [6.45, 7) is 27.1. The Balaban J connectivity index is -0.000000228. The highest BCUT2D eigenvalue weighted by atomic mass is 17.2. The number of nitrogens with zero attached hydrogens (tertiary/aromatic N) is 1. The second-order valence-corrected chi connectivity index (χ2v) is 16.0. The minimum Gasteiger partial charge on any atom is -0.483 e. The molecular formula is C50H97NO17. The number of aliphatic hydroxyl groups is 2. The second kappa shape index (κ2) is 52.9. The van der Waals surface area contributed by atoms with Crippen molar-refractivity contribution in [2.45, 2.75) is 189 Å². The first-order valence-electron chi connectivity index (χ1n) is 23.6. The van der Waals surface area contributed by atoms with Crippen molar-refractivity contribution < 1.29 is 82.3 Å². The molecule has 0 aromatic rings. The molecule has 18 nitrogen and oxygen atoms in total. The van der Waals surface area contributed by atoms with Gasteiger partial charge in [-0.05, 0) is 92.2 Å². The first kappa shape index (κ1) is 76.0. The Labute approximate surface area is 410 Å². The molecule has 1 aliphatic rings. The summed E-state index contributed by atoms with van der Waals surface area (Å²) < 4.78 is 33.4. The summed E-state index contributed by atoms with van der Waals surface area (Å²) in [5.74, 6) is 1.43. The van der Waals surface area contributed by atoms with Gasteiger partial charge < -0.3 is 63.0 Å². The lowest BCUT2D eigenvalue weighted by atomic mass is 9.78. The molecule has 0 amide bonds. The highest BCUT2D eigenvalue weighted by Gasteiger charge is 2.48. The van der Waals surface area contributed by atoms with Crippen LogP contribution < -0.4 is 0 Å². The number of hydrogen-bond acceptors (Lipinski definition) is 17. The number of aliphatic hydroxyl groups excluding tert-OH is 2. The zero-order chi connectivity index (χ0) is 54.1. The van der Waals surface area contributed by atoms with Crippen molar-refractivity contribution in [3.63, 3.8) is 0 Å². The van der Waals surface area contributed by atoms with Crippen LogP contribution in [0.3, 0.4) is 0 Å². The number of methoxy groups -OCH3 is 2. The van der Waals surface area contributed by atoms with Crippen molar-refractivity contribution in [2.24, 2.45) is 23.7 Å². The van der Waals surface area contributed by atoms with Gasteiger partial charge in [-0.25, -0.2) is 9.78 Å². The zero-order valence-electron chi connectivity index (χ0n) is 44.9. The molecule has 1 fully saturated rings. The normalized spacial score (nSPS) is 21.1. The largest absolute Gasteiger partial charge is 0.483 e. The van der Waals surface area contributed by atoms with Crippen molar-refractivity contribution in [1.29, 1.82) is 0 Å². The number of hydrogen-bond donors (Lipinski definition) is 3. The molecule has 0 saturated carbocycles. The molecule has 1 rings (SSSR count). The van der Waals surface area contributed by atoms with Gasteiger partial charge in [0.05, 0.1) is 31.0 Å². The average Bonchev–Trinajstić information content (AvgIpc) is 3.31. The number of likely N-dealkylation sites (N-methyl/N-ethyl adjacent to an activating group) is 1. The molecule has 1 saturated heterocycles. The van der Waals surface area contributed by atoms with Crippen molar-refractivity contribution in [2.75, 3.05) is 48.6 Å². The first-order valence-corrected chi connectivity index (χ1v) is 23.6. The first-order chi connectivity index (χ1) is 32.4. The van der Waals surface area contributed by atoms with E-state index in [0.717, 1.165) is 45.4 Å². The minimum absolute atomic E-state index is 0.0495. The molecule has 0 radical (unpaired) electrons. The standard InChI is InChI=1S/C21H41NO8.C21H36O4.C3H6O.C2H6.CH2O2.CH4O.CH2O/c1-9-17-15(3)28-18(12-21(17,5)26-13-23)29-20(19(14(2)24)22(6)7)16(4)30-27-11-10-25-8;1-6-21(24-5)20(13-10-14-22)15-18(3)17(2)11-8-7-9-12-19(4)25-16-23;1-2-3-4;1-2;2-1-3;2*1-2/h13-20,24H,9-12H2,1-8H3;7-9,11,14,16-21H,6,10,12-13,15H2,1-5H3;3H,2H2,1H3;1-2H3;1H,(H,2,3);2H,1H3;1H2/b;9-7+,11-8+;;;;;. The number of carboxylic acid groups (broad SMARTS) is 1. The molecule has 68 heavy (non-hydrogen) atoms. The molecular weight excluding hydrogens is 887 g/mol. The van der Waals surface area contributed by atoms with Crippen LogP contribution in [0.4, 0.5) is 0 Å². The number of aldehydes is 2. The number of allylic oxidation sites excluding steroid dienone is 3. The third-order valence-electron chi connectivity index (χ3n) is 10.9. The van der Waals surface area contributed by atoms with E-state index in [4.69, 9.17) is 58.0 Å². The van der Waals surface area contributed by atoms with Gasteiger partial charge in [-0.3, -0.25) is 14.4 Å². The summed E-state index contributed by atoms with van der Waals surface area (Å²) in [5, 5.41) is 24.3. The average molecular weight is 984 g/mol. The van der Waals surface area contributed by atoms with Crippen LogP contribution in [0.25, 0.3) is 0 Å². The lowest BCUT2D eigenvalue weighted by Crippen LogP contribution is -2.57. The Kier molecular flexibility index (Phi) is 59.2. The van der Waals surface area contributed by atoms with Gasteiger partial charge in [-0.1, -0.05) is 72.8 Å². The predicted molar refractivity (Wildman–Crippen MR) is 265 cm³/mol. The van der Waals surface area contributed by atoms with Gasteiger partial charge in [0.25, 0.3) is 19.4 Å². The molecule has 0 spiro atoms. The van der Waals surface area contributed by atoms with Crippen LogP contribution in [0.1, 0.15) is 134 Å². The lowest BCUT2D eigenvalue weighted by molar-refractivity contribution is -0.359. The quantitative estimate of drug-likeness (QED) is 0.0211. The molecule has 13 atom stereocenters. The van der Waals surface area contributed by atoms with Crippen LogP contribution in [0.5, 0.6) is 0 Å². The fourth-order valence-electron chi connectivity index (χ4n) is 7.47. The molecule has 0 aromatic heterocycles. The van der Waals surface area contributed by atoms with Crippen LogP contribution in [-0.2, 0) is 67.0 Å². The Bertz CT molecular complexity index is 1180. The highest BCUT2D eigenvalue weighted by molar-refractivity contribution is 5.49. The molecule has 1 aliphatic heterocycles. The Morgan fingerprint density at radius 3 is 1.91 bits per heavy atom. The molecule has 0 bridgehead atoms. The number of rotatable bonds is 30. The Hall–Kier alpha value is -3.46. The lowest BCUT2D eigenvalue weighted by Gasteiger charge is -2.48. The molecule has 0 aliphatic carbocycles. The highest BCUT2D eigenvalue weighted by Crippen LogP contribution is 2.40. The van der Waals surface area contributed by atoms with Gasteiger partial charge in [0.2, 0.25) is 0 Å². The van der Waals surface area contributed by atoms with Crippen LogP contribution in [0, 0.1) is 23.7 Å². The van der Waals surface area contributed by atoms with E-state index in [-0.39, 0.29) is 43.4 Å². The van der Waals surface area contributed by atoms with E-state index < -0.39 is 30.2 Å². The fourth-order valence-corrected chi connectivity index (χ4v) is 7.47. The van der Waals surface area contributed by atoms with Crippen molar-refractivity contribution in [3.8, 4) is 0 Å². The minimum atomic E-state index is -0.707. The summed E-state index contributed by atoms with van der Waals surface area (Å²) in [5.41, 5.74) is -0.707. The van der Waals surface area contributed by atoms with E-state index in [1.807, 2.05) is 93.3 Å². The van der Waals surface area contributed by atoms with Gasteiger partial charge >= 0.3 is 0 Å². The third-order valence-corrected chi connectivity index (χ3v) is 10.9. The summed E-state index contributed by atoms with van der Waals surface area (Å²) in [6.07, 6.45) is 13.8. The number of ether oxygens (including phenoxy) is 6. The molecule has 1 heterocycles. The molecule has 3 N–H and O–H groups in total. The maximum absolute atomic E-state index is 11.2. The molecule has 18 heteroatoms. The summed E-state index contributed by atoms with van der Waals surface area (Å²) >= 11 is 0. The third kappa shape index (κ3) is 37.4. The molecule has 13 unspecified atom stereocenters. The van der Waals surface area contributed by atoms with Crippen LogP contribution >= 0.6 is 0 Å². The van der Waals surface area contributed by atoms with Gasteiger partial charge in [0, 0.05) is 52.9 Å². The van der Waals surface area contributed by atoms with E-state index in [1.54, 1.807) is 21.1 Å². The van der Waals surface area contributed by atoms with E-state index in [1.165, 1.54) is 0 Å². The van der Waals surface area contributed by atoms with Crippen LogP contribution in [0.15, 0.2) is 24.3 Å². The fraction of sp³-hybridized carbons (Fsp3) is 0.800. The summed E-state index contributed by atoms with van der Waals surface area (Å²) in [7, 11) is 8.07. The maximum atomic E-state index is 11.2. The summed E-state index contributed by atoms with van der Waals surface area (Å²) in [6, 6.07) is -0.382. The Morgan fingerprint density at radius 2 is 1.49 bits per heavy atom. The Morgan fingerprint density at radius 1 is 0.912 bits per heavy atom. The van der Waals surface area contributed by atoms with Crippen molar-refractivity contribution in [3.05, 3.63) is 24.3 Å².